The molecule has 0 aliphatic heterocycles. The third-order valence-electron chi connectivity index (χ3n) is 3.85. The predicted molar refractivity (Wildman–Crippen MR) is 66.0 cm³/mol. The minimum absolute atomic E-state index is 0.102. The van der Waals surface area contributed by atoms with Gasteiger partial charge in [0.15, 0.2) is 0 Å². The highest BCUT2D eigenvalue weighted by Gasteiger charge is 2.28. The lowest BCUT2D eigenvalue weighted by Gasteiger charge is -2.32. The van der Waals surface area contributed by atoms with Crippen LogP contribution in [0.15, 0.2) is 24.3 Å². The van der Waals surface area contributed by atoms with E-state index in [9.17, 15) is 8.78 Å². The van der Waals surface area contributed by atoms with Gasteiger partial charge >= 0.3 is 0 Å². The third kappa shape index (κ3) is 2.26. The Morgan fingerprint density at radius 1 is 1.24 bits per heavy atom. The first-order valence-corrected chi connectivity index (χ1v) is 6.08. The van der Waals surface area contributed by atoms with Crippen molar-refractivity contribution in [2.75, 3.05) is 0 Å². The molecule has 0 fully saturated rings. The summed E-state index contributed by atoms with van der Waals surface area (Å²) in [5.74, 6) is -0.343. The first-order chi connectivity index (χ1) is 7.92. The van der Waals surface area contributed by atoms with Crippen molar-refractivity contribution in [2.45, 2.75) is 39.0 Å². The summed E-state index contributed by atoms with van der Waals surface area (Å²) in [6, 6.07) is 2.94. The van der Waals surface area contributed by atoms with Gasteiger partial charge in [0, 0.05) is 11.0 Å². The maximum absolute atomic E-state index is 13.6. The van der Waals surface area contributed by atoms with Crippen LogP contribution in [0.2, 0.25) is 0 Å². The van der Waals surface area contributed by atoms with E-state index in [1.54, 1.807) is 0 Å². The lowest BCUT2D eigenvalue weighted by molar-refractivity contribution is 0.436. The quantitative estimate of drug-likeness (QED) is 0.629. The van der Waals surface area contributed by atoms with Crippen LogP contribution in [0.1, 0.15) is 37.8 Å². The highest BCUT2D eigenvalue weighted by atomic mass is 19.1. The van der Waals surface area contributed by atoms with Gasteiger partial charge in [-0.1, -0.05) is 26.0 Å². The zero-order valence-corrected chi connectivity index (χ0v) is 10.6. The molecule has 0 amide bonds. The fraction of sp³-hybridized carbons (Fsp3) is 0.467. The average molecular weight is 236 g/mol. The van der Waals surface area contributed by atoms with Crippen molar-refractivity contribution in [2.24, 2.45) is 5.92 Å². The zero-order valence-electron chi connectivity index (χ0n) is 10.6. The van der Waals surface area contributed by atoms with Crippen LogP contribution in [-0.4, -0.2) is 0 Å². The van der Waals surface area contributed by atoms with E-state index in [4.69, 9.17) is 0 Å². The lowest BCUT2D eigenvalue weighted by atomic mass is 9.73. The standard InChI is InChI=1S/C15H18F2/c1-10-4-6-15(3,7-5-10)12-8-13(16)11(2)14(17)9-12/h4,6,8-10H,5,7H2,1-3H3/t10?,15-/m1/s1. The summed E-state index contributed by atoms with van der Waals surface area (Å²) in [5.41, 5.74) is 0.605. The van der Waals surface area contributed by atoms with Crippen LogP contribution in [0, 0.1) is 24.5 Å². The topological polar surface area (TPSA) is 0 Å². The van der Waals surface area contributed by atoms with Crippen LogP contribution in [0.4, 0.5) is 8.78 Å². The molecule has 1 aromatic carbocycles. The van der Waals surface area contributed by atoms with E-state index < -0.39 is 11.6 Å². The van der Waals surface area contributed by atoms with Crippen molar-refractivity contribution in [3.63, 3.8) is 0 Å². The van der Waals surface area contributed by atoms with Gasteiger partial charge in [0.2, 0.25) is 0 Å². The van der Waals surface area contributed by atoms with E-state index >= 15 is 0 Å². The zero-order chi connectivity index (χ0) is 12.6. The van der Waals surface area contributed by atoms with Crippen LogP contribution >= 0.6 is 0 Å². The highest BCUT2D eigenvalue weighted by Crippen LogP contribution is 2.37. The van der Waals surface area contributed by atoms with Gasteiger partial charge < -0.3 is 0 Å². The molecule has 0 aromatic heterocycles. The number of hydrogen-bond donors (Lipinski definition) is 0. The summed E-state index contributed by atoms with van der Waals surface area (Å²) in [6.45, 7) is 5.67. The summed E-state index contributed by atoms with van der Waals surface area (Å²) < 4.78 is 27.2. The van der Waals surface area contributed by atoms with E-state index in [0.29, 0.717) is 5.92 Å². The van der Waals surface area contributed by atoms with Gasteiger partial charge in [0.1, 0.15) is 11.6 Å². The molecule has 0 saturated heterocycles. The Morgan fingerprint density at radius 2 is 1.82 bits per heavy atom. The average Bonchev–Trinajstić information content (AvgIpc) is 2.29. The second-order valence-corrected chi connectivity index (χ2v) is 5.36. The van der Waals surface area contributed by atoms with Gasteiger partial charge in [-0.15, -0.1) is 0 Å². The SMILES string of the molecule is Cc1c(F)cc([C@]2(C)C=CC(C)CC2)cc1F. The molecule has 92 valence electrons. The Bertz CT molecular complexity index is 439. The summed E-state index contributed by atoms with van der Waals surface area (Å²) >= 11 is 0. The van der Waals surface area contributed by atoms with Gasteiger partial charge in [-0.25, -0.2) is 8.78 Å². The normalized spacial score (nSPS) is 28.4. The molecular weight excluding hydrogens is 218 g/mol. The summed E-state index contributed by atoms with van der Waals surface area (Å²) in [6.07, 6.45) is 6.22. The number of hydrogen-bond acceptors (Lipinski definition) is 0. The first-order valence-electron chi connectivity index (χ1n) is 6.08. The van der Waals surface area contributed by atoms with E-state index in [-0.39, 0.29) is 11.0 Å². The molecule has 17 heavy (non-hydrogen) atoms. The molecule has 0 radical (unpaired) electrons. The van der Waals surface area contributed by atoms with Crippen molar-refractivity contribution >= 4 is 0 Å². The van der Waals surface area contributed by atoms with Crippen LogP contribution in [0.25, 0.3) is 0 Å². The Labute approximate surface area is 101 Å². The van der Waals surface area contributed by atoms with Gasteiger partial charge in [0.25, 0.3) is 0 Å². The van der Waals surface area contributed by atoms with Crippen LogP contribution in [0.5, 0.6) is 0 Å². The summed E-state index contributed by atoms with van der Waals surface area (Å²) in [5, 5.41) is 0. The smallest absolute Gasteiger partial charge is 0.129 e. The van der Waals surface area contributed by atoms with Crippen molar-refractivity contribution < 1.29 is 8.78 Å². The Balaban J connectivity index is 2.44. The molecule has 0 heterocycles. The molecule has 1 aromatic rings. The monoisotopic (exact) mass is 236 g/mol. The molecule has 1 aliphatic rings. The van der Waals surface area contributed by atoms with Crippen molar-refractivity contribution in [3.8, 4) is 0 Å². The van der Waals surface area contributed by atoms with Crippen molar-refractivity contribution in [1.29, 1.82) is 0 Å². The predicted octanol–water partition coefficient (Wildman–Crippen LogP) is 4.52. The van der Waals surface area contributed by atoms with Crippen LogP contribution in [-0.2, 0) is 5.41 Å². The van der Waals surface area contributed by atoms with Crippen molar-refractivity contribution in [1.82, 2.24) is 0 Å². The van der Waals surface area contributed by atoms with Crippen LogP contribution in [0.3, 0.4) is 0 Å². The van der Waals surface area contributed by atoms with E-state index in [0.717, 1.165) is 18.4 Å². The summed E-state index contributed by atoms with van der Waals surface area (Å²) in [4.78, 5) is 0. The number of benzene rings is 1. The van der Waals surface area contributed by atoms with Gasteiger partial charge in [-0.2, -0.15) is 0 Å². The van der Waals surface area contributed by atoms with Crippen molar-refractivity contribution in [3.05, 3.63) is 47.0 Å². The second kappa shape index (κ2) is 4.25. The first kappa shape index (κ1) is 12.3. The minimum Gasteiger partial charge on any atom is -0.207 e. The summed E-state index contributed by atoms with van der Waals surface area (Å²) in [7, 11) is 0. The van der Waals surface area contributed by atoms with Gasteiger partial charge in [-0.05, 0) is 43.4 Å². The Morgan fingerprint density at radius 3 is 2.29 bits per heavy atom. The molecule has 0 saturated carbocycles. The second-order valence-electron chi connectivity index (χ2n) is 5.36. The molecule has 0 nitrogen and oxygen atoms in total. The van der Waals surface area contributed by atoms with Crippen LogP contribution < -0.4 is 0 Å². The number of rotatable bonds is 1. The van der Waals surface area contributed by atoms with Gasteiger partial charge in [-0.3, -0.25) is 0 Å². The lowest BCUT2D eigenvalue weighted by Crippen LogP contribution is -2.24. The number of halogens is 2. The number of allylic oxidation sites excluding steroid dienone is 2. The molecule has 2 heteroatoms. The van der Waals surface area contributed by atoms with Gasteiger partial charge in [0.05, 0.1) is 0 Å². The third-order valence-corrected chi connectivity index (χ3v) is 3.85. The highest BCUT2D eigenvalue weighted by molar-refractivity contribution is 5.35. The molecule has 1 aliphatic carbocycles. The molecule has 0 N–H and O–H groups in total. The molecule has 0 spiro atoms. The van der Waals surface area contributed by atoms with E-state index in [1.807, 2.05) is 6.92 Å². The Kier molecular flexibility index (Phi) is 3.07. The fourth-order valence-electron chi connectivity index (χ4n) is 2.30. The minimum atomic E-state index is -0.451. The molecular formula is C15H18F2. The largest absolute Gasteiger partial charge is 0.207 e. The maximum Gasteiger partial charge on any atom is 0.129 e. The van der Waals surface area contributed by atoms with E-state index in [2.05, 4.69) is 19.1 Å². The maximum atomic E-state index is 13.6. The Hall–Kier alpha value is -1.18. The molecule has 2 rings (SSSR count). The molecule has 2 atom stereocenters. The fourth-order valence-corrected chi connectivity index (χ4v) is 2.30. The molecule has 1 unspecified atom stereocenters. The molecule has 0 bridgehead atoms. The van der Waals surface area contributed by atoms with E-state index in [1.165, 1.54) is 19.1 Å².